The maximum atomic E-state index is 11.7. The Kier molecular flexibility index (Phi) is 59.6. The minimum absolute atomic E-state index is 0.112. The third-order valence-electron chi connectivity index (χ3n) is 9.56. The van der Waals surface area contributed by atoms with Gasteiger partial charge in [-0.15, -0.1) is 0 Å². The molecular formula is C48H95N11O16S3. The fourth-order valence-corrected chi connectivity index (χ4v) is 6.38. The summed E-state index contributed by atoms with van der Waals surface area (Å²) < 4.78 is 27.9. The maximum Gasteiger partial charge on any atom is 0.330 e. The molecule has 9 atom stereocenters. The summed E-state index contributed by atoms with van der Waals surface area (Å²) in [4.78, 5) is 90.0. The number of ether oxygens (including phenoxy) is 6. The highest BCUT2D eigenvalue weighted by Gasteiger charge is 2.25. The second kappa shape index (κ2) is 56.2. The van der Waals surface area contributed by atoms with E-state index in [0.29, 0.717) is 77.4 Å². The number of benzene rings is 1. The van der Waals surface area contributed by atoms with Crippen LogP contribution in [-0.4, -0.2) is 203 Å². The van der Waals surface area contributed by atoms with Gasteiger partial charge in [-0.3, -0.25) is 19.2 Å². The van der Waals surface area contributed by atoms with E-state index in [4.69, 9.17) is 87.5 Å². The minimum Gasteiger partial charge on any atom is -0.468 e. The number of aliphatic hydroxyl groups excluding tert-OH is 2. The number of thioether (sulfide) groups is 3. The summed E-state index contributed by atoms with van der Waals surface area (Å²) in [6.45, 7) is 2.38. The Balaban J connectivity index is -0.000000290. The SMILES string of the molecule is CC(COC(=O)[C@@H](N)CCCN)OC(=O)[C@@H](N)CO.CO.COC(=O)[C@@H](N)CCCN.COC(=O)[C@@H](N)CCSC.CSCC[C@H](N)C(=O)OC(=O)[C@@H](N)CCCN.CSCC[C@H](N)C(=O)OC(=O)[C@@H](N)Cc1ccccc1. The molecule has 0 spiro atoms. The van der Waals surface area contributed by atoms with E-state index < -0.39 is 96.9 Å². The zero-order valence-electron chi connectivity index (χ0n) is 46.5. The Hall–Kier alpha value is -4.09. The number of aliphatic hydroxyl groups is 2. The molecule has 1 aromatic carbocycles. The molecule has 1 unspecified atom stereocenters. The molecule has 0 aliphatic carbocycles. The van der Waals surface area contributed by atoms with Crippen LogP contribution >= 0.6 is 35.3 Å². The summed E-state index contributed by atoms with van der Waals surface area (Å²) in [5.74, 6) is -2.54. The van der Waals surface area contributed by atoms with Crippen LogP contribution in [-0.2, 0) is 73.2 Å². The van der Waals surface area contributed by atoms with Crippen molar-refractivity contribution in [2.75, 3.05) is 90.2 Å². The molecule has 456 valence electrons. The molecule has 0 aliphatic rings. The highest BCUT2D eigenvalue weighted by molar-refractivity contribution is 7.98. The second-order valence-corrected chi connectivity index (χ2v) is 19.2. The predicted octanol–water partition coefficient (Wildman–Crippen LogP) is -3.17. The fraction of sp³-hybridized carbons (Fsp3) is 0.708. The van der Waals surface area contributed by atoms with Gasteiger partial charge in [-0.2, -0.15) is 35.3 Å². The molecule has 0 saturated carbocycles. The van der Waals surface area contributed by atoms with Crippen LogP contribution in [0.15, 0.2) is 30.3 Å². The van der Waals surface area contributed by atoms with Gasteiger partial charge in [0.2, 0.25) is 0 Å². The first kappa shape index (κ1) is 82.7. The van der Waals surface area contributed by atoms with Gasteiger partial charge in [-0.05, 0) is 132 Å². The topological polar surface area (TPSA) is 519 Å². The van der Waals surface area contributed by atoms with Gasteiger partial charge in [0.05, 0.1) is 20.8 Å². The lowest BCUT2D eigenvalue weighted by atomic mass is 10.1. The number of methoxy groups -OCH3 is 2. The third-order valence-corrected chi connectivity index (χ3v) is 11.5. The molecule has 1 rings (SSSR count). The van der Waals surface area contributed by atoms with Gasteiger partial charge in [0.15, 0.2) is 0 Å². The average Bonchev–Trinajstić information content (AvgIpc) is 3.44. The van der Waals surface area contributed by atoms with Crippen molar-refractivity contribution in [1.29, 1.82) is 0 Å². The zero-order valence-corrected chi connectivity index (χ0v) is 48.9. The van der Waals surface area contributed by atoms with Crippen LogP contribution in [0.4, 0.5) is 0 Å². The first-order valence-electron chi connectivity index (χ1n) is 24.7. The summed E-state index contributed by atoms with van der Waals surface area (Å²) in [7, 11) is 3.67. The number of hydrogen-bond donors (Lipinski definition) is 13. The van der Waals surface area contributed by atoms with E-state index in [2.05, 4.69) is 14.2 Å². The normalized spacial score (nSPS) is 13.6. The van der Waals surface area contributed by atoms with Crippen LogP contribution in [0.1, 0.15) is 70.3 Å². The standard InChI is InChI=1S/C14H20N2O3S.C11H23N3O5.C10H21N3O3S.C6H14N2O2.C6H13NO2S.CH4O/c1-20-8-7-11(15)13(17)19-14(18)12(16)9-10-5-3-2-4-6-10;1-7(19-11(17)9(14)5-15)6-18-10(16)8(13)3-2-4-12;1-17-6-4-8(13)10(15)16-9(14)7(12)3-2-5-11;1-10-6(9)5(8)3-2-4-7;1-9-6(8)5(7)3-4-10-2;1-2/h2-6,11-12H,7-9,15-16H2,1H3;7-9,15H,2-6,12-14H2,1H3;7-8H,2-6,11-13H2,1H3;5H,2-4,7-8H2,1H3;5H,3-4,7H2,1-2H3;2H,1H3/t11-,12-;7?,8-,9-;7-,8-;2*5-;/m00000./s1. The monoisotopic (exact) mass is 1180 g/mol. The molecule has 78 heavy (non-hydrogen) atoms. The molecule has 0 amide bonds. The molecule has 0 heterocycles. The largest absolute Gasteiger partial charge is 0.468 e. The van der Waals surface area contributed by atoms with E-state index in [-0.39, 0.29) is 18.5 Å². The van der Waals surface area contributed by atoms with Gasteiger partial charge < -0.3 is 102 Å². The van der Waals surface area contributed by atoms with Crippen molar-refractivity contribution in [1.82, 2.24) is 0 Å². The number of nitrogens with two attached hydrogens (primary N) is 11. The van der Waals surface area contributed by atoms with Gasteiger partial charge in [0.25, 0.3) is 0 Å². The molecule has 24 N–H and O–H groups in total. The third kappa shape index (κ3) is 47.9. The molecule has 0 fully saturated rings. The van der Waals surface area contributed by atoms with Crippen molar-refractivity contribution < 1.29 is 77.0 Å². The number of rotatable bonds is 32. The Morgan fingerprint density at radius 3 is 1.13 bits per heavy atom. The van der Waals surface area contributed by atoms with Crippen LogP contribution in [0.3, 0.4) is 0 Å². The number of carbonyl (C=O) groups excluding carboxylic acids is 8. The van der Waals surface area contributed by atoms with Crippen LogP contribution in [0.5, 0.6) is 0 Å². The van der Waals surface area contributed by atoms with E-state index in [1.165, 1.54) is 14.2 Å². The first-order chi connectivity index (χ1) is 36.9. The van der Waals surface area contributed by atoms with Crippen molar-refractivity contribution >= 4 is 83.0 Å². The Morgan fingerprint density at radius 2 is 0.795 bits per heavy atom. The van der Waals surface area contributed by atoms with Crippen molar-refractivity contribution in [2.24, 2.45) is 63.1 Å². The van der Waals surface area contributed by atoms with Crippen molar-refractivity contribution in [3.63, 3.8) is 0 Å². The van der Waals surface area contributed by atoms with Gasteiger partial charge in [-0.25, -0.2) is 19.2 Å². The quantitative estimate of drug-likeness (QED) is 0.0192. The molecule has 30 heteroatoms. The Labute approximate surface area is 472 Å². The Bertz CT molecular complexity index is 1670. The smallest absolute Gasteiger partial charge is 0.330 e. The lowest BCUT2D eigenvalue weighted by molar-refractivity contribution is -0.163. The van der Waals surface area contributed by atoms with Crippen molar-refractivity contribution in [3.05, 3.63) is 35.9 Å². The second-order valence-electron chi connectivity index (χ2n) is 16.3. The fourth-order valence-electron chi connectivity index (χ4n) is 4.91. The minimum atomic E-state index is -1.09. The number of carbonyl (C=O) groups is 8. The van der Waals surface area contributed by atoms with E-state index in [9.17, 15) is 38.4 Å². The van der Waals surface area contributed by atoms with E-state index in [0.717, 1.165) is 36.4 Å². The summed E-state index contributed by atoms with van der Waals surface area (Å²) in [5.41, 5.74) is 60.8. The molecule has 0 aliphatic heterocycles. The zero-order chi connectivity index (χ0) is 61.0. The summed E-state index contributed by atoms with van der Waals surface area (Å²) in [6.07, 6.45) is 10.6. The predicted molar refractivity (Wildman–Crippen MR) is 306 cm³/mol. The number of hydrogen-bond acceptors (Lipinski definition) is 30. The highest BCUT2D eigenvalue weighted by atomic mass is 32.2. The lowest BCUT2D eigenvalue weighted by Crippen LogP contribution is -2.40. The average molecular weight is 1180 g/mol. The van der Waals surface area contributed by atoms with Crippen molar-refractivity contribution in [3.8, 4) is 0 Å². The van der Waals surface area contributed by atoms with Crippen LogP contribution < -0.4 is 63.1 Å². The molecular weight excluding hydrogens is 1080 g/mol. The van der Waals surface area contributed by atoms with E-state index in [1.54, 1.807) is 42.2 Å². The van der Waals surface area contributed by atoms with E-state index in [1.807, 2.05) is 49.1 Å². The molecule has 0 bridgehead atoms. The van der Waals surface area contributed by atoms with Gasteiger partial charge in [-0.1, -0.05) is 30.3 Å². The number of esters is 8. The maximum absolute atomic E-state index is 11.7. The lowest BCUT2D eigenvalue weighted by Gasteiger charge is -2.17. The molecule has 0 aromatic heterocycles. The molecule has 0 saturated heterocycles. The van der Waals surface area contributed by atoms with Crippen LogP contribution in [0, 0.1) is 0 Å². The highest BCUT2D eigenvalue weighted by Crippen LogP contribution is 2.07. The molecule has 27 nitrogen and oxygen atoms in total. The summed E-state index contributed by atoms with van der Waals surface area (Å²) in [6, 6.07) is 3.31. The summed E-state index contributed by atoms with van der Waals surface area (Å²) in [5, 5.41) is 15.7. The molecule has 1 aromatic rings. The van der Waals surface area contributed by atoms with Crippen molar-refractivity contribution in [2.45, 2.75) is 126 Å². The van der Waals surface area contributed by atoms with Crippen LogP contribution in [0.2, 0.25) is 0 Å². The van der Waals surface area contributed by atoms with Gasteiger partial charge in [0.1, 0.15) is 61.0 Å². The van der Waals surface area contributed by atoms with Gasteiger partial charge >= 0.3 is 47.8 Å². The van der Waals surface area contributed by atoms with E-state index >= 15 is 0 Å². The van der Waals surface area contributed by atoms with Gasteiger partial charge in [0, 0.05) is 7.11 Å². The first-order valence-corrected chi connectivity index (χ1v) is 28.9. The Morgan fingerprint density at radius 1 is 0.474 bits per heavy atom. The summed E-state index contributed by atoms with van der Waals surface area (Å²) >= 11 is 4.82. The molecule has 0 radical (unpaired) electrons. The van der Waals surface area contributed by atoms with Crippen LogP contribution in [0.25, 0.3) is 0 Å².